The van der Waals surface area contributed by atoms with Gasteiger partial charge < -0.3 is 15.3 Å². The lowest BCUT2D eigenvalue weighted by molar-refractivity contribution is 0.0940. The van der Waals surface area contributed by atoms with Crippen LogP contribution in [0.5, 0.6) is 5.75 Å². The Balaban J connectivity index is 1.45. The van der Waals surface area contributed by atoms with Gasteiger partial charge in [0.2, 0.25) is 0 Å². The average molecular weight is 442 g/mol. The van der Waals surface area contributed by atoms with Crippen LogP contribution < -0.4 is 10.2 Å². The summed E-state index contributed by atoms with van der Waals surface area (Å²) in [4.78, 5) is 24.3. The van der Waals surface area contributed by atoms with E-state index in [0.717, 1.165) is 28.7 Å². The summed E-state index contributed by atoms with van der Waals surface area (Å²) in [5.74, 6) is 0.766. The first kappa shape index (κ1) is 20.9. The zero-order chi connectivity index (χ0) is 22.9. The van der Waals surface area contributed by atoms with Crippen LogP contribution in [-0.4, -0.2) is 40.1 Å². The normalized spacial score (nSPS) is 15.7. The van der Waals surface area contributed by atoms with Gasteiger partial charge in [-0.2, -0.15) is 0 Å². The molecule has 0 saturated carbocycles. The molecule has 1 amide bonds. The van der Waals surface area contributed by atoms with E-state index in [2.05, 4.69) is 10.2 Å². The van der Waals surface area contributed by atoms with Crippen LogP contribution in [0.3, 0.4) is 0 Å². The molecule has 1 aliphatic rings. The van der Waals surface area contributed by atoms with E-state index in [1.165, 1.54) is 24.3 Å². The number of carbonyl (C=O) groups excluding carboxylic acids is 1. The van der Waals surface area contributed by atoms with Crippen molar-refractivity contribution in [1.82, 2.24) is 15.3 Å². The molecule has 2 N–H and O–H groups in total. The number of fused-ring (bicyclic) bond motifs is 1. The lowest BCUT2D eigenvalue weighted by Crippen LogP contribution is -2.37. The molecule has 0 unspecified atom stereocenters. The molecule has 0 spiro atoms. The highest BCUT2D eigenvalue weighted by atomic mass is 19.1. The summed E-state index contributed by atoms with van der Waals surface area (Å²) in [6.07, 6.45) is 0.760. The van der Waals surface area contributed by atoms with Crippen molar-refractivity contribution >= 4 is 22.6 Å². The second-order valence-electron chi connectivity index (χ2n) is 8.32. The Labute approximate surface area is 190 Å². The largest absolute Gasteiger partial charge is 0.507 e. The number of nitrogens with zero attached hydrogens (tertiary/aromatic N) is 3. The molecule has 1 fully saturated rings. The summed E-state index contributed by atoms with van der Waals surface area (Å²) in [7, 11) is 0. The maximum atomic E-state index is 13.2. The van der Waals surface area contributed by atoms with Gasteiger partial charge in [0.1, 0.15) is 17.4 Å². The molecule has 1 aromatic heterocycles. The molecular formula is C26H23FN4O2. The number of amides is 1. The monoisotopic (exact) mass is 442 g/mol. The van der Waals surface area contributed by atoms with Gasteiger partial charge in [0.25, 0.3) is 5.91 Å². The smallest absolute Gasteiger partial charge is 0.251 e. The fraction of sp³-hybridized carbons (Fsp3) is 0.192. The van der Waals surface area contributed by atoms with Crippen molar-refractivity contribution in [2.24, 2.45) is 0 Å². The van der Waals surface area contributed by atoms with E-state index in [4.69, 9.17) is 9.97 Å². The van der Waals surface area contributed by atoms with Crippen molar-refractivity contribution in [2.75, 3.05) is 18.0 Å². The number of phenolic OH excluding ortho intramolecular Hbond substituents is 1. The van der Waals surface area contributed by atoms with E-state index in [-0.39, 0.29) is 23.5 Å². The molecule has 3 aromatic carbocycles. The lowest BCUT2D eigenvalue weighted by atomic mass is 10.1. The van der Waals surface area contributed by atoms with E-state index in [9.17, 15) is 14.3 Å². The summed E-state index contributed by atoms with van der Waals surface area (Å²) in [5.41, 5.74) is 2.89. The number of rotatable bonds is 4. The number of aromatic nitrogens is 2. The summed E-state index contributed by atoms with van der Waals surface area (Å²) in [5, 5.41) is 14.3. The zero-order valence-electron chi connectivity index (χ0n) is 18.1. The molecule has 1 aliphatic heterocycles. The molecule has 0 bridgehead atoms. The molecule has 0 radical (unpaired) electrons. The minimum absolute atomic E-state index is 0.0633. The molecule has 1 saturated heterocycles. The van der Waals surface area contributed by atoms with Crippen molar-refractivity contribution in [3.8, 4) is 17.1 Å². The topological polar surface area (TPSA) is 78.4 Å². The van der Waals surface area contributed by atoms with Crippen molar-refractivity contribution in [3.63, 3.8) is 0 Å². The van der Waals surface area contributed by atoms with E-state index in [0.29, 0.717) is 30.0 Å². The highest BCUT2D eigenvalue weighted by molar-refractivity contribution is 5.95. The van der Waals surface area contributed by atoms with Crippen LogP contribution in [0.25, 0.3) is 22.3 Å². The molecule has 33 heavy (non-hydrogen) atoms. The van der Waals surface area contributed by atoms with Crippen LogP contribution in [-0.2, 0) is 0 Å². The maximum Gasteiger partial charge on any atom is 0.251 e. The first-order valence-corrected chi connectivity index (χ1v) is 10.9. The first-order valence-electron chi connectivity index (χ1n) is 10.9. The van der Waals surface area contributed by atoms with E-state index in [1.807, 2.05) is 31.2 Å². The highest BCUT2D eigenvalue weighted by Crippen LogP contribution is 2.33. The third-order valence-electron chi connectivity index (χ3n) is 5.91. The molecule has 7 heteroatoms. The number of nitrogens with one attached hydrogen (secondary N) is 1. The molecule has 4 aromatic rings. The third-order valence-corrected chi connectivity index (χ3v) is 5.91. The van der Waals surface area contributed by atoms with Gasteiger partial charge in [-0.15, -0.1) is 0 Å². The summed E-state index contributed by atoms with van der Waals surface area (Å²) >= 11 is 0. The minimum atomic E-state index is -0.371. The molecule has 1 atom stereocenters. The van der Waals surface area contributed by atoms with Crippen molar-refractivity contribution in [2.45, 2.75) is 19.4 Å². The molecular weight excluding hydrogens is 419 g/mol. The maximum absolute atomic E-state index is 13.2. The van der Waals surface area contributed by atoms with E-state index in [1.54, 1.807) is 18.2 Å². The molecule has 2 heterocycles. The number of aromatic hydroxyl groups is 1. The van der Waals surface area contributed by atoms with E-state index < -0.39 is 0 Å². The van der Waals surface area contributed by atoms with Gasteiger partial charge in [-0.3, -0.25) is 4.79 Å². The number of para-hydroxylation sites is 1. The average Bonchev–Trinajstić information content (AvgIpc) is 3.27. The molecule has 5 rings (SSSR count). The number of hydrogen-bond donors (Lipinski definition) is 2. The first-order chi connectivity index (χ1) is 16.0. The van der Waals surface area contributed by atoms with Crippen molar-refractivity contribution < 1.29 is 14.3 Å². The SMILES string of the molecule is Cc1ccc2c(N3CC[C@@H](NC(=O)c4ccc(F)cc4)C3)nc(-c3ccccc3O)nc2c1. The van der Waals surface area contributed by atoms with Crippen LogP contribution in [0.2, 0.25) is 0 Å². The Morgan fingerprint density at radius 2 is 1.88 bits per heavy atom. The molecule has 6 nitrogen and oxygen atoms in total. The van der Waals surface area contributed by atoms with Crippen LogP contribution in [0.15, 0.2) is 66.7 Å². The Bertz CT molecular complexity index is 1340. The highest BCUT2D eigenvalue weighted by Gasteiger charge is 2.27. The summed E-state index contributed by atoms with van der Waals surface area (Å²) < 4.78 is 13.2. The fourth-order valence-electron chi connectivity index (χ4n) is 4.19. The van der Waals surface area contributed by atoms with Crippen molar-refractivity contribution in [3.05, 3.63) is 83.7 Å². The fourth-order valence-corrected chi connectivity index (χ4v) is 4.19. The predicted octanol–water partition coefficient (Wildman–Crippen LogP) is 4.46. The Hall–Kier alpha value is -4.00. The van der Waals surface area contributed by atoms with Gasteiger partial charge in [0, 0.05) is 30.1 Å². The van der Waals surface area contributed by atoms with Gasteiger partial charge >= 0.3 is 0 Å². The molecule has 166 valence electrons. The second kappa shape index (κ2) is 8.50. The number of phenols is 1. The van der Waals surface area contributed by atoms with Crippen molar-refractivity contribution in [1.29, 1.82) is 0 Å². The van der Waals surface area contributed by atoms with Crippen LogP contribution in [0, 0.1) is 12.7 Å². The van der Waals surface area contributed by atoms with Gasteiger partial charge in [-0.05, 0) is 67.4 Å². The van der Waals surface area contributed by atoms with Crippen LogP contribution in [0.1, 0.15) is 22.3 Å². The quantitative estimate of drug-likeness (QED) is 0.488. The predicted molar refractivity (Wildman–Crippen MR) is 126 cm³/mol. The van der Waals surface area contributed by atoms with Crippen LogP contribution in [0.4, 0.5) is 10.2 Å². The standard InChI is InChI=1S/C26H23FN4O2/c1-16-6-11-20-22(14-16)29-24(21-4-2-3-5-23(21)32)30-25(20)31-13-12-19(15-31)28-26(33)17-7-9-18(27)10-8-17/h2-11,14,19,32H,12-13,15H2,1H3,(H,28,33)/t19-/m1/s1. The lowest BCUT2D eigenvalue weighted by Gasteiger charge is -2.21. The van der Waals surface area contributed by atoms with Crippen LogP contribution >= 0.6 is 0 Å². The Kier molecular flexibility index (Phi) is 5.38. The number of hydrogen-bond acceptors (Lipinski definition) is 5. The zero-order valence-corrected chi connectivity index (χ0v) is 18.1. The minimum Gasteiger partial charge on any atom is -0.507 e. The number of benzene rings is 3. The molecule has 0 aliphatic carbocycles. The van der Waals surface area contributed by atoms with Gasteiger partial charge in [0.15, 0.2) is 5.82 Å². The van der Waals surface area contributed by atoms with Gasteiger partial charge in [-0.25, -0.2) is 14.4 Å². The third kappa shape index (κ3) is 4.22. The van der Waals surface area contributed by atoms with Gasteiger partial charge in [-0.1, -0.05) is 18.2 Å². The Morgan fingerprint density at radius 3 is 2.67 bits per heavy atom. The second-order valence-corrected chi connectivity index (χ2v) is 8.32. The number of aryl methyl sites for hydroxylation is 1. The number of halogens is 1. The number of carbonyl (C=O) groups is 1. The Morgan fingerprint density at radius 1 is 1.09 bits per heavy atom. The summed E-state index contributed by atoms with van der Waals surface area (Å²) in [6, 6.07) is 18.5. The summed E-state index contributed by atoms with van der Waals surface area (Å²) in [6.45, 7) is 3.32. The van der Waals surface area contributed by atoms with E-state index >= 15 is 0 Å². The number of anilines is 1. The van der Waals surface area contributed by atoms with Gasteiger partial charge in [0.05, 0.1) is 11.1 Å².